The van der Waals surface area contributed by atoms with Gasteiger partial charge in [0.05, 0.1) is 19.7 Å². The molecule has 1 amide bonds. The molecule has 1 heterocycles. The SMILES string of the molecule is NCC#Cc1cccc(OCCN2CCOCC2=O)c1. The monoisotopic (exact) mass is 274 g/mol. The van der Waals surface area contributed by atoms with Crippen LogP contribution < -0.4 is 10.5 Å². The summed E-state index contributed by atoms with van der Waals surface area (Å²) in [6, 6.07) is 7.52. The number of hydrogen-bond acceptors (Lipinski definition) is 4. The third-order valence-corrected chi connectivity index (χ3v) is 2.88. The minimum atomic E-state index is 0.0161. The zero-order valence-corrected chi connectivity index (χ0v) is 11.3. The lowest BCUT2D eigenvalue weighted by molar-refractivity contribution is -0.143. The Kier molecular flexibility index (Phi) is 5.42. The van der Waals surface area contributed by atoms with Gasteiger partial charge in [-0.2, -0.15) is 0 Å². The molecule has 106 valence electrons. The van der Waals surface area contributed by atoms with E-state index in [1.54, 1.807) is 4.90 Å². The van der Waals surface area contributed by atoms with Crippen molar-refractivity contribution in [2.45, 2.75) is 0 Å². The third-order valence-electron chi connectivity index (χ3n) is 2.88. The van der Waals surface area contributed by atoms with Crippen molar-refractivity contribution in [1.29, 1.82) is 0 Å². The van der Waals surface area contributed by atoms with Gasteiger partial charge < -0.3 is 20.1 Å². The molecule has 1 aliphatic heterocycles. The van der Waals surface area contributed by atoms with Crippen LogP contribution in [0.1, 0.15) is 5.56 Å². The number of nitrogens with two attached hydrogens (primary N) is 1. The van der Waals surface area contributed by atoms with Crippen molar-refractivity contribution < 1.29 is 14.3 Å². The zero-order chi connectivity index (χ0) is 14.2. The number of ether oxygens (including phenoxy) is 2. The third kappa shape index (κ3) is 4.26. The number of hydrogen-bond donors (Lipinski definition) is 1. The van der Waals surface area contributed by atoms with Crippen LogP contribution in [-0.2, 0) is 9.53 Å². The van der Waals surface area contributed by atoms with Crippen molar-refractivity contribution >= 4 is 5.91 Å². The smallest absolute Gasteiger partial charge is 0.248 e. The Morgan fingerprint density at radius 1 is 1.45 bits per heavy atom. The van der Waals surface area contributed by atoms with Crippen LogP contribution in [0.5, 0.6) is 5.75 Å². The van der Waals surface area contributed by atoms with E-state index in [9.17, 15) is 4.79 Å². The number of nitrogens with zero attached hydrogens (tertiary/aromatic N) is 1. The Labute approximate surface area is 118 Å². The minimum Gasteiger partial charge on any atom is -0.492 e. The van der Waals surface area contributed by atoms with Crippen LogP contribution in [0.4, 0.5) is 0 Å². The van der Waals surface area contributed by atoms with Gasteiger partial charge in [0.15, 0.2) is 0 Å². The van der Waals surface area contributed by atoms with Crippen molar-refractivity contribution in [2.75, 3.05) is 39.5 Å². The van der Waals surface area contributed by atoms with Gasteiger partial charge in [0.25, 0.3) is 0 Å². The Hall–Kier alpha value is -2.03. The Bertz CT molecular complexity index is 519. The first-order chi connectivity index (χ1) is 9.79. The minimum absolute atomic E-state index is 0.0161. The lowest BCUT2D eigenvalue weighted by Crippen LogP contribution is -2.43. The molecular formula is C15H18N2O3. The molecule has 5 heteroatoms. The van der Waals surface area contributed by atoms with E-state index in [0.717, 1.165) is 11.3 Å². The maximum absolute atomic E-state index is 11.5. The second-order valence-corrected chi connectivity index (χ2v) is 4.32. The van der Waals surface area contributed by atoms with Crippen molar-refractivity contribution in [3.8, 4) is 17.6 Å². The first-order valence-corrected chi connectivity index (χ1v) is 6.57. The summed E-state index contributed by atoms with van der Waals surface area (Å²) in [6.45, 7) is 2.76. The van der Waals surface area contributed by atoms with E-state index in [1.165, 1.54) is 0 Å². The number of benzene rings is 1. The molecule has 1 aromatic carbocycles. The van der Waals surface area contributed by atoms with Crippen LogP contribution in [0.15, 0.2) is 24.3 Å². The fraction of sp³-hybridized carbons (Fsp3) is 0.400. The summed E-state index contributed by atoms with van der Waals surface area (Å²) in [5.74, 6) is 6.52. The van der Waals surface area contributed by atoms with Crippen LogP contribution in [0.25, 0.3) is 0 Å². The van der Waals surface area contributed by atoms with Crippen LogP contribution in [0.2, 0.25) is 0 Å². The molecule has 1 aliphatic rings. The number of carbonyl (C=O) groups is 1. The number of morpholine rings is 1. The molecule has 0 spiro atoms. The van der Waals surface area contributed by atoms with E-state index in [0.29, 0.717) is 32.8 Å². The Morgan fingerprint density at radius 2 is 2.35 bits per heavy atom. The lowest BCUT2D eigenvalue weighted by atomic mass is 10.2. The van der Waals surface area contributed by atoms with Crippen LogP contribution >= 0.6 is 0 Å². The molecule has 5 nitrogen and oxygen atoms in total. The number of amides is 1. The van der Waals surface area contributed by atoms with Crippen molar-refractivity contribution in [2.24, 2.45) is 5.73 Å². The Morgan fingerprint density at radius 3 is 3.15 bits per heavy atom. The largest absolute Gasteiger partial charge is 0.492 e. The molecule has 1 aromatic rings. The highest BCUT2D eigenvalue weighted by atomic mass is 16.5. The molecule has 0 unspecified atom stereocenters. The van der Waals surface area contributed by atoms with Gasteiger partial charge in [-0.1, -0.05) is 17.9 Å². The highest BCUT2D eigenvalue weighted by molar-refractivity contribution is 5.77. The fourth-order valence-electron chi connectivity index (χ4n) is 1.88. The predicted molar refractivity (Wildman–Crippen MR) is 75.3 cm³/mol. The highest BCUT2D eigenvalue weighted by Crippen LogP contribution is 2.12. The molecular weight excluding hydrogens is 256 g/mol. The normalized spacial score (nSPS) is 14.7. The second kappa shape index (κ2) is 7.53. The highest BCUT2D eigenvalue weighted by Gasteiger charge is 2.17. The average Bonchev–Trinajstić information content (AvgIpc) is 2.48. The molecule has 0 radical (unpaired) electrons. The van der Waals surface area contributed by atoms with E-state index in [-0.39, 0.29) is 12.5 Å². The molecule has 1 fully saturated rings. The van der Waals surface area contributed by atoms with E-state index in [1.807, 2.05) is 24.3 Å². The summed E-state index contributed by atoms with van der Waals surface area (Å²) in [5.41, 5.74) is 6.21. The summed E-state index contributed by atoms with van der Waals surface area (Å²) >= 11 is 0. The standard InChI is InChI=1S/C15H18N2O3/c16-6-2-4-13-3-1-5-14(11-13)20-10-8-17-7-9-19-12-15(17)18/h1,3,5,11H,6-10,12,16H2. The van der Waals surface area contributed by atoms with Gasteiger partial charge in [0, 0.05) is 12.1 Å². The van der Waals surface area contributed by atoms with Gasteiger partial charge in [-0.15, -0.1) is 0 Å². The summed E-state index contributed by atoms with van der Waals surface area (Å²) in [5, 5.41) is 0. The quantitative estimate of drug-likeness (QED) is 0.799. The van der Waals surface area contributed by atoms with Crippen molar-refractivity contribution in [3.05, 3.63) is 29.8 Å². The molecule has 0 atom stereocenters. The average molecular weight is 274 g/mol. The topological polar surface area (TPSA) is 64.8 Å². The summed E-state index contributed by atoms with van der Waals surface area (Å²) in [7, 11) is 0. The second-order valence-electron chi connectivity index (χ2n) is 4.32. The predicted octanol–water partition coefficient (Wildman–Crippen LogP) is 0.234. The first kappa shape index (κ1) is 14.4. The maximum Gasteiger partial charge on any atom is 0.248 e. The molecule has 0 bridgehead atoms. The summed E-state index contributed by atoms with van der Waals surface area (Å²) in [6.07, 6.45) is 0. The van der Waals surface area contributed by atoms with E-state index in [4.69, 9.17) is 15.2 Å². The van der Waals surface area contributed by atoms with E-state index >= 15 is 0 Å². The van der Waals surface area contributed by atoms with E-state index in [2.05, 4.69) is 11.8 Å². The summed E-state index contributed by atoms with van der Waals surface area (Å²) in [4.78, 5) is 13.3. The van der Waals surface area contributed by atoms with E-state index < -0.39 is 0 Å². The van der Waals surface area contributed by atoms with Crippen LogP contribution in [-0.4, -0.2) is 50.3 Å². The molecule has 1 saturated heterocycles. The maximum atomic E-state index is 11.5. The number of rotatable bonds is 4. The molecule has 0 aromatic heterocycles. The lowest BCUT2D eigenvalue weighted by Gasteiger charge is -2.26. The van der Waals surface area contributed by atoms with Gasteiger partial charge in [0.2, 0.25) is 5.91 Å². The number of carbonyl (C=O) groups excluding carboxylic acids is 1. The van der Waals surface area contributed by atoms with Gasteiger partial charge in [-0.3, -0.25) is 4.79 Å². The van der Waals surface area contributed by atoms with Crippen molar-refractivity contribution in [1.82, 2.24) is 4.90 Å². The van der Waals surface area contributed by atoms with Crippen LogP contribution in [0, 0.1) is 11.8 Å². The van der Waals surface area contributed by atoms with Gasteiger partial charge in [-0.25, -0.2) is 0 Å². The Balaban J connectivity index is 1.83. The fourth-order valence-corrected chi connectivity index (χ4v) is 1.88. The molecule has 0 aliphatic carbocycles. The molecule has 20 heavy (non-hydrogen) atoms. The van der Waals surface area contributed by atoms with Gasteiger partial charge in [-0.05, 0) is 18.2 Å². The molecule has 2 N–H and O–H groups in total. The van der Waals surface area contributed by atoms with Crippen molar-refractivity contribution in [3.63, 3.8) is 0 Å². The van der Waals surface area contributed by atoms with Gasteiger partial charge in [0.1, 0.15) is 19.0 Å². The molecule has 2 rings (SSSR count). The van der Waals surface area contributed by atoms with Gasteiger partial charge >= 0.3 is 0 Å². The molecule has 0 saturated carbocycles. The zero-order valence-electron chi connectivity index (χ0n) is 11.3. The van der Waals surface area contributed by atoms with Crippen LogP contribution in [0.3, 0.4) is 0 Å². The summed E-state index contributed by atoms with van der Waals surface area (Å²) < 4.78 is 10.7. The first-order valence-electron chi connectivity index (χ1n) is 6.57.